The molecule has 44 heavy (non-hydrogen) atoms. The summed E-state index contributed by atoms with van der Waals surface area (Å²) in [5.74, 6) is -2.19. The largest absolute Gasteiger partial charge is 0.454 e. The zero-order valence-corrected chi connectivity index (χ0v) is 24.5. The van der Waals surface area contributed by atoms with Crippen molar-refractivity contribution < 1.29 is 28.8 Å². The van der Waals surface area contributed by atoms with Gasteiger partial charge in [-0.3, -0.25) is 24.5 Å². The van der Waals surface area contributed by atoms with E-state index in [1.807, 2.05) is 0 Å². The van der Waals surface area contributed by atoms with Gasteiger partial charge in [0.05, 0.1) is 38.5 Å². The Kier molecular flexibility index (Phi) is 7.32. The van der Waals surface area contributed by atoms with Gasteiger partial charge in [0.25, 0.3) is 17.5 Å². The monoisotopic (exact) mass is 649 g/mol. The summed E-state index contributed by atoms with van der Waals surface area (Å²) >= 11 is 3.41. The lowest BCUT2D eigenvalue weighted by Gasteiger charge is -2.15. The van der Waals surface area contributed by atoms with Crippen LogP contribution in [0.15, 0.2) is 95.5 Å². The molecule has 4 aromatic carbocycles. The van der Waals surface area contributed by atoms with E-state index in [0.717, 1.165) is 11.0 Å². The minimum absolute atomic E-state index is 0.0521. The van der Waals surface area contributed by atoms with E-state index in [9.17, 15) is 29.3 Å². The van der Waals surface area contributed by atoms with Crippen molar-refractivity contribution in [2.45, 2.75) is 6.92 Å². The SMILES string of the molecule is Cc1ccc(C(=O)COC(=O)c2cc(-c3ccc(N4C(=O)c5ccccc5C4=O)cc3)nc3ccc(Br)cc23)cc1[N+](=O)[O-]. The van der Waals surface area contributed by atoms with Crippen LogP contribution in [0.3, 0.4) is 0 Å². The topological polar surface area (TPSA) is 137 Å². The third-order valence-electron chi connectivity index (χ3n) is 7.27. The molecular weight excluding hydrogens is 630 g/mol. The summed E-state index contributed by atoms with van der Waals surface area (Å²) in [6.07, 6.45) is 0. The number of halogens is 1. The van der Waals surface area contributed by atoms with Crippen molar-refractivity contribution in [3.8, 4) is 11.3 Å². The molecule has 11 heteroatoms. The quantitative estimate of drug-likeness (QED) is 0.0623. The van der Waals surface area contributed by atoms with Crippen LogP contribution in [0.1, 0.15) is 47.0 Å². The van der Waals surface area contributed by atoms with Crippen LogP contribution in [0.25, 0.3) is 22.2 Å². The minimum Gasteiger partial charge on any atom is -0.454 e. The Labute approximate surface area is 258 Å². The number of esters is 1. The van der Waals surface area contributed by atoms with Crippen LogP contribution in [0.5, 0.6) is 0 Å². The van der Waals surface area contributed by atoms with Gasteiger partial charge < -0.3 is 4.74 Å². The fourth-order valence-electron chi connectivity index (χ4n) is 4.99. The second-order valence-corrected chi connectivity index (χ2v) is 10.9. The molecule has 0 unspecified atom stereocenters. The van der Waals surface area contributed by atoms with Gasteiger partial charge in [-0.05, 0) is 55.5 Å². The molecule has 0 spiro atoms. The highest BCUT2D eigenvalue weighted by molar-refractivity contribution is 9.10. The number of imide groups is 1. The number of ether oxygens (including phenoxy) is 1. The Morgan fingerprint density at radius 3 is 2.25 bits per heavy atom. The lowest BCUT2D eigenvalue weighted by molar-refractivity contribution is -0.385. The number of fused-ring (bicyclic) bond motifs is 2. The minimum atomic E-state index is -0.783. The van der Waals surface area contributed by atoms with Crippen LogP contribution in [-0.4, -0.2) is 40.1 Å². The third-order valence-corrected chi connectivity index (χ3v) is 7.76. The molecule has 0 saturated carbocycles. The van der Waals surface area contributed by atoms with E-state index >= 15 is 0 Å². The second kappa shape index (κ2) is 11.3. The Morgan fingerprint density at radius 1 is 0.909 bits per heavy atom. The van der Waals surface area contributed by atoms with Crippen molar-refractivity contribution in [1.82, 2.24) is 4.98 Å². The van der Waals surface area contributed by atoms with Crippen LogP contribution >= 0.6 is 15.9 Å². The second-order valence-electron chi connectivity index (χ2n) is 10.0. The van der Waals surface area contributed by atoms with Crippen molar-refractivity contribution in [3.05, 3.63) is 133 Å². The first kappa shape index (κ1) is 28.6. The number of hydrogen-bond donors (Lipinski definition) is 0. The molecule has 1 aliphatic heterocycles. The first-order valence-corrected chi connectivity index (χ1v) is 14.1. The number of amides is 2. The van der Waals surface area contributed by atoms with E-state index < -0.39 is 35.1 Å². The fraction of sp³-hybridized carbons (Fsp3) is 0.0606. The number of hydrogen-bond acceptors (Lipinski definition) is 8. The number of aryl methyl sites for hydroxylation is 1. The highest BCUT2D eigenvalue weighted by atomic mass is 79.9. The van der Waals surface area contributed by atoms with Crippen molar-refractivity contribution >= 4 is 61.8 Å². The number of rotatable bonds is 7. The summed E-state index contributed by atoms with van der Waals surface area (Å²) in [5.41, 5.74) is 2.98. The number of ketones is 1. The van der Waals surface area contributed by atoms with Crippen molar-refractivity contribution in [2.75, 3.05) is 11.5 Å². The number of Topliss-reactive ketones (excluding diaryl/α,β-unsaturated/α-hetero) is 1. The van der Waals surface area contributed by atoms with Crippen molar-refractivity contribution in [1.29, 1.82) is 0 Å². The molecule has 0 saturated heterocycles. The number of nitro groups is 1. The van der Waals surface area contributed by atoms with Gasteiger partial charge >= 0.3 is 5.97 Å². The van der Waals surface area contributed by atoms with Crippen LogP contribution in [0.2, 0.25) is 0 Å². The van der Waals surface area contributed by atoms with Gasteiger partial charge in [0.15, 0.2) is 6.61 Å². The van der Waals surface area contributed by atoms with Crippen molar-refractivity contribution in [2.24, 2.45) is 0 Å². The molecule has 5 aromatic rings. The average molecular weight is 650 g/mol. The summed E-state index contributed by atoms with van der Waals surface area (Å²) in [7, 11) is 0. The number of anilines is 1. The van der Waals surface area contributed by atoms with Gasteiger partial charge in [0.1, 0.15) is 0 Å². The Bertz CT molecular complexity index is 2020. The van der Waals surface area contributed by atoms with Crippen molar-refractivity contribution in [3.63, 3.8) is 0 Å². The molecule has 0 atom stereocenters. The lowest BCUT2D eigenvalue weighted by Crippen LogP contribution is -2.29. The van der Waals surface area contributed by atoms with E-state index in [0.29, 0.717) is 49.0 Å². The van der Waals surface area contributed by atoms with E-state index in [1.165, 1.54) is 18.2 Å². The van der Waals surface area contributed by atoms with Crippen LogP contribution in [-0.2, 0) is 4.74 Å². The summed E-state index contributed by atoms with van der Waals surface area (Å²) in [5, 5.41) is 11.8. The molecule has 0 N–H and O–H groups in total. The Morgan fingerprint density at radius 2 is 1.59 bits per heavy atom. The van der Waals surface area contributed by atoms with E-state index in [-0.39, 0.29) is 16.8 Å². The zero-order chi connectivity index (χ0) is 31.1. The standard InChI is InChI=1S/C33H20BrN3O7/c1-18-6-7-20(14-29(18)37(42)43)30(38)17-44-33(41)26-16-28(35-27-13-10-21(34)15-25(26)27)19-8-11-22(12-9-19)36-31(39)23-4-2-3-5-24(23)32(36)40/h2-16H,17H2,1H3. The molecule has 0 bridgehead atoms. The molecule has 216 valence electrons. The predicted molar refractivity (Wildman–Crippen MR) is 165 cm³/mol. The first-order chi connectivity index (χ1) is 21.1. The molecule has 0 fully saturated rings. The third kappa shape index (κ3) is 5.13. The van der Waals surface area contributed by atoms with Gasteiger partial charge in [-0.15, -0.1) is 0 Å². The normalized spacial score (nSPS) is 12.4. The van der Waals surface area contributed by atoms with Gasteiger partial charge in [0, 0.05) is 32.6 Å². The summed E-state index contributed by atoms with van der Waals surface area (Å²) in [6, 6.07) is 24.1. The maximum atomic E-state index is 13.3. The number of aromatic nitrogens is 1. The Hall–Kier alpha value is -5.55. The smallest absolute Gasteiger partial charge is 0.339 e. The van der Waals surface area contributed by atoms with Crippen LogP contribution in [0, 0.1) is 17.0 Å². The highest BCUT2D eigenvalue weighted by Crippen LogP contribution is 2.32. The number of carbonyl (C=O) groups excluding carboxylic acids is 4. The maximum absolute atomic E-state index is 13.3. The molecule has 2 amide bonds. The molecule has 0 aliphatic carbocycles. The highest BCUT2D eigenvalue weighted by Gasteiger charge is 2.36. The Balaban J connectivity index is 1.28. The fourth-order valence-corrected chi connectivity index (χ4v) is 5.35. The maximum Gasteiger partial charge on any atom is 0.339 e. The van der Waals surface area contributed by atoms with E-state index in [1.54, 1.807) is 73.7 Å². The summed E-state index contributed by atoms with van der Waals surface area (Å²) in [6.45, 7) is 0.940. The summed E-state index contributed by atoms with van der Waals surface area (Å²) < 4.78 is 6.07. The van der Waals surface area contributed by atoms with Crippen LogP contribution in [0.4, 0.5) is 11.4 Å². The van der Waals surface area contributed by atoms with Gasteiger partial charge in [-0.25, -0.2) is 14.7 Å². The number of carbonyl (C=O) groups is 4. The summed E-state index contributed by atoms with van der Waals surface area (Å²) in [4.78, 5) is 68.4. The van der Waals surface area contributed by atoms with E-state index in [4.69, 9.17) is 4.74 Å². The van der Waals surface area contributed by atoms with Gasteiger partial charge in [-0.2, -0.15) is 0 Å². The molecule has 6 rings (SSSR count). The van der Waals surface area contributed by atoms with Gasteiger partial charge in [-0.1, -0.05) is 52.3 Å². The zero-order valence-electron chi connectivity index (χ0n) is 22.9. The molecule has 2 heterocycles. The molecule has 1 aliphatic rings. The van der Waals surface area contributed by atoms with E-state index in [2.05, 4.69) is 20.9 Å². The molecular formula is C33H20BrN3O7. The van der Waals surface area contributed by atoms with Crippen LogP contribution < -0.4 is 4.90 Å². The average Bonchev–Trinajstić information content (AvgIpc) is 3.28. The first-order valence-electron chi connectivity index (χ1n) is 13.3. The number of pyridine rings is 1. The van der Waals surface area contributed by atoms with Gasteiger partial charge in [0.2, 0.25) is 5.78 Å². The molecule has 0 radical (unpaired) electrons. The predicted octanol–water partition coefficient (Wildman–Crippen LogP) is 6.72. The number of nitrogens with zero attached hydrogens (tertiary/aromatic N) is 3. The number of benzene rings is 4. The molecule has 10 nitrogen and oxygen atoms in total. The lowest BCUT2D eigenvalue weighted by atomic mass is 10.0. The number of nitro benzene ring substituents is 1. The molecule has 1 aromatic heterocycles.